The molecule has 1 heteroatoms. The molecule has 0 saturated carbocycles. The Balaban J connectivity index is 1.75. The maximum Gasteiger partial charge on any atom is 0.0346 e. The lowest BCUT2D eigenvalue weighted by Gasteiger charge is -2.14. The number of fused-ring (bicyclic) bond motifs is 1. The highest BCUT2D eigenvalue weighted by Crippen LogP contribution is 2.39. The molecule has 5 aromatic carbocycles. The first-order chi connectivity index (χ1) is 12.9. The van der Waals surface area contributed by atoms with Crippen molar-refractivity contribution >= 4 is 43.1 Å². The molecule has 0 aliphatic rings. The van der Waals surface area contributed by atoms with E-state index in [1.807, 2.05) is 12.4 Å². The number of nitrogens with zero attached hydrogens (tertiary/aromatic N) is 1. The summed E-state index contributed by atoms with van der Waals surface area (Å²) < 4.78 is 0. The topological polar surface area (TPSA) is 12.9 Å². The minimum Gasteiger partial charge on any atom is -0.264 e. The summed E-state index contributed by atoms with van der Waals surface area (Å²) in [5.74, 6) is 0. The maximum absolute atomic E-state index is 4.22. The van der Waals surface area contributed by atoms with E-state index < -0.39 is 0 Å². The standard InChI is InChI=1S/C25H15N/c1-2-16-4-5-18-8-10-22(23-11-9-17(3-1)24(16)25(18)23)20-6-7-21-15-26-13-12-19(21)14-20/h1-15H. The molecule has 0 spiro atoms. The summed E-state index contributed by atoms with van der Waals surface area (Å²) in [6.45, 7) is 0. The molecule has 0 amide bonds. The molecule has 0 radical (unpaired) electrons. The van der Waals surface area contributed by atoms with Crippen LogP contribution in [0, 0.1) is 0 Å². The van der Waals surface area contributed by atoms with Gasteiger partial charge in [-0.1, -0.05) is 66.7 Å². The van der Waals surface area contributed by atoms with E-state index in [0.717, 1.165) is 0 Å². The van der Waals surface area contributed by atoms with Crippen molar-refractivity contribution in [1.29, 1.82) is 0 Å². The van der Waals surface area contributed by atoms with Gasteiger partial charge < -0.3 is 0 Å². The van der Waals surface area contributed by atoms with Crippen LogP contribution in [-0.4, -0.2) is 4.98 Å². The molecular formula is C25H15N. The van der Waals surface area contributed by atoms with Crippen LogP contribution in [0.5, 0.6) is 0 Å². The largest absolute Gasteiger partial charge is 0.264 e. The summed E-state index contributed by atoms with van der Waals surface area (Å²) in [5, 5.41) is 10.4. The zero-order valence-corrected chi connectivity index (χ0v) is 14.1. The van der Waals surface area contributed by atoms with Crippen LogP contribution in [0.15, 0.2) is 91.3 Å². The van der Waals surface area contributed by atoms with E-state index in [4.69, 9.17) is 0 Å². The average molecular weight is 329 g/mol. The van der Waals surface area contributed by atoms with Gasteiger partial charge in [0.2, 0.25) is 0 Å². The monoisotopic (exact) mass is 329 g/mol. The first-order valence-electron chi connectivity index (χ1n) is 8.89. The summed E-state index contributed by atoms with van der Waals surface area (Å²) in [6, 6.07) is 28.8. The molecule has 0 bridgehead atoms. The van der Waals surface area contributed by atoms with Crippen LogP contribution < -0.4 is 0 Å². The fraction of sp³-hybridized carbons (Fsp3) is 0. The molecule has 6 rings (SSSR count). The summed E-state index contributed by atoms with van der Waals surface area (Å²) >= 11 is 0. The van der Waals surface area contributed by atoms with Crippen molar-refractivity contribution in [2.75, 3.05) is 0 Å². The maximum atomic E-state index is 4.22. The molecule has 26 heavy (non-hydrogen) atoms. The zero-order valence-electron chi connectivity index (χ0n) is 14.1. The lowest BCUT2D eigenvalue weighted by Crippen LogP contribution is -1.87. The van der Waals surface area contributed by atoms with Gasteiger partial charge in [-0.15, -0.1) is 0 Å². The molecule has 0 atom stereocenters. The van der Waals surface area contributed by atoms with Gasteiger partial charge in [-0.3, -0.25) is 4.98 Å². The van der Waals surface area contributed by atoms with Crippen LogP contribution in [0.3, 0.4) is 0 Å². The fourth-order valence-corrected chi connectivity index (χ4v) is 4.24. The van der Waals surface area contributed by atoms with Crippen molar-refractivity contribution in [3.05, 3.63) is 91.3 Å². The molecule has 1 nitrogen and oxygen atoms in total. The van der Waals surface area contributed by atoms with Gasteiger partial charge in [0.25, 0.3) is 0 Å². The van der Waals surface area contributed by atoms with Crippen molar-refractivity contribution in [2.24, 2.45) is 0 Å². The first-order valence-corrected chi connectivity index (χ1v) is 8.89. The Bertz CT molecular complexity index is 1410. The minimum atomic E-state index is 1.17. The molecule has 0 unspecified atom stereocenters. The Kier molecular flexibility index (Phi) is 2.67. The van der Waals surface area contributed by atoms with Gasteiger partial charge in [-0.2, -0.15) is 0 Å². The lowest BCUT2D eigenvalue weighted by atomic mass is 9.89. The third-order valence-electron chi connectivity index (χ3n) is 5.48. The van der Waals surface area contributed by atoms with E-state index >= 15 is 0 Å². The number of hydrogen-bond acceptors (Lipinski definition) is 1. The Labute approximate surface area is 150 Å². The first kappa shape index (κ1) is 13.8. The van der Waals surface area contributed by atoms with Crippen LogP contribution in [0.25, 0.3) is 54.2 Å². The molecule has 1 aromatic heterocycles. The Hall–Kier alpha value is -3.45. The quantitative estimate of drug-likeness (QED) is 0.302. The van der Waals surface area contributed by atoms with Crippen LogP contribution in [0.1, 0.15) is 0 Å². The second-order valence-electron chi connectivity index (χ2n) is 6.91. The third kappa shape index (κ3) is 1.83. The Morgan fingerprint density at radius 2 is 1.27 bits per heavy atom. The van der Waals surface area contributed by atoms with Crippen molar-refractivity contribution in [2.45, 2.75) is 0 Å². The minimum absolute atomic E-state index is 1.17. The number of aromatic nitrogens is 1. The van der Waals surface area contributed by atoms with Gasteiger partial charge in [0, 0.05) is 17.8 Å². The molecule has 0 fully saturated rings. The molecule has 0 aliphatic carbocycles. The highest BCUT2D eigenvalue weighted by molar-refractivity contribution is 6.25. The molecule has 6 aromatic rings. The van der Waals surface area contributed by atoms with E-state index in [2.05, 4.69) is 83.8 Å². The van der Waals surface area contributed by atoms with Gasteiger partial charge in [-0.25, -0.2) is 0 Å². The highest BCUT2D eigenvalue weighted by atomic mass is 14.6. The third-order valence-corrected chi connectivity index (χ3v) is 5.48. The second-order valence-corrected chi connectivity index (χ2v) is 6.91. The van der Waals surface area contributed by atoms with E-state index in [0.29, 0.717) is 0 Å². The molecular weight excluding hydrogens is 314 g/mol. The molecule has 0 aliphatic heterocycles. The van der Waals surface area contributed by atoms with Gasteiger partial charge in [0.15, 0.2) is 0 Å². The summed E-state index contributed by atoms with van der Waals surface area (Å²) in [4.78, 5) is 4.22. The number of rotatable bonds is 1. The average Bonchev–Trinajstić information content (AvgIpc) is 2.71. The van der Waals surface area contributed by atoms with Crippen LogP contribution in [-0.2, 0) is 0 Å². The predicted octanol–water partition coefficient (Wildman–Crippen LogP) is 6.80. The summed E-state index contributed by atoms with van der Waals surface area (Å²) in [7, 11) is 0. The summed E-state index contributed by atoms with van der Waals surface area (Å²) in [5.41, 5.74) is 2.54. The SMILES string of the molecule is c1cc2ccc3ccc(-c4ccc5cnccc5c4)c4ccc(c1)c2c34. The highest BCUT2D eigenvalue weighted by Gasteiger charge is 2.11. The number of hydrogen-bond donors (Lipinski definition) is 0. The lowest BCUT2D eigenvalue weighted by molar-refractivity contribution is 1.36. The number of pyridine rings is 1. The van der Waals surface area contributed by atoms with Crippen LogP contribution >= 0.6 is 0 Å². The Morgan fingerprint density at radius 1 is 0.538 bits per heavy atom. The van der Waals surface area contributed by atoms with Gasteiger partial charge in [0.05, 0.1) is 0 Å². The zero-order chi connectivity index (χ0) is 17.1. The van der Waals surface area contributed by atoms with Crippen LogP contribution in [0.4, 0.5) is 0 Å². The molecule has 1 heterocycles. The van der Waals surface area contributed by atoms with Crippen molar-refractivity contribution in [3.63, 3.8) is 0 Å². The van der Waals surface area contributed by atoms with Crippen molar-refractivity contribution in [3.8, 4) is 11.1 Å². The fourth-order valence-electron chi connectivity index (χ4n) is 4.24. The normalized spacial score (nSPS) is 11.8. The summed E-state index contributed by atoms with van der Waals surface area (Å²) in [6.07, 6.45) is 3.78. The van der Waals surface area contributed by atoms with E-state index in [-0.39, 0.29) is 0 Å². The molecule has 0 N–H and O–H groups in total. The van der Waals surface area contributed by atoms with E-state index in [9.17, 15) is 0 Å². The van der Waals surface area contributed by atoms with Gasteiger partial charge in [-0.05, 0) is 61.0 Å². The van der Waals surface area contributed by atoms with Crippen molar-refractivity contribution in [1.82, 2.24) is 4.98 Å². The second kappa shape index (κ2) is 5.03. The van der Waals surface area contributed by atoms with E-state index in [1.54, 1.807) is 0 Å². The Morgan fingerprint density at radius 3 is 2.15 bits per heavy atom. The smallest absolute Gasteiger partial charge is 0.0346 e. The van der Waals surface area contributed by atoms with E-state index in [1.165, 1.54) is 54.2 Å². The molecule has 0 saturated heterocycles. The van der Waals surface area contributed by atoms with Gasteiger partial charge in [0.1, 0.15) is 0 Å². The van der Waals surface area contributed by atoms with Crippen molar-refractivity contribution < 1.29 is 0 Å². The number of benzene rings is 5. The predicted molar refractivity (Wildman–Crippen MR) is 111 cm³/mol. The molecule has 120 valence electrons. The van der Waals surface area contributed by atoms with Crippen LogP contribution in [0.2, 0.25) is 0 Å². The van der Waals surface area contributed by atoms with Gasteiger partial charge >= 0.3 is 0 Å².